The van der Waals surface area contributed by atoms with E-state index in [-0.39, 0.29) is 0 Å². The summed E-state index contributed by atoms with van der Waals surface area (Å²) in [6, 6.07) is 9.66. The summed E-state index contributed by atoms with van der Waals surface area (Å²) >= 11 is 5.91. The maximum absolute atomic E-state index is 5.96. The van der Waals surface area contributed by atoms with Crippen LogP contribution in [-0.4, -0.2) is 19.7 Å². The number of rotatable bonds is 4. The second-order valence-corrected chi connectivity index (χ2v) is 5.57. The van der Waals surface area contributed by atoms with Crippen molar-refractivity contribution >= 4 is 11.6 Å². The van der Waals surface area contributed by atoms with Crippen LogP contribution < -0.4 is 4.74 Å². The van der Waals surface area contributed by atoms with Gasteiger partial charge in [-0.15, -0.1) is 0 Å². The van der Waals surface area contributed by atoms with Crippen LogP contribution in [0.5, 0.6) is 11.5 Å². The van der Waals surface area contributed by atoms with Crippen molar-refractivity contribution in [2.75, 3.05) is 0 Å². The molecule has 6 heteroatoms. The third kappa shape index (κ3) is 2.67. The summed E-state index contributed by atoms with van der Waals surface area (Å²) in [6.07, 6.45) is 7.60. The molecule has 0 saturated heterocycles. The molecule has 1 fully saturated rings. The lowest BCUT2D eigenvalue weighted by Gasteiger charge is -2.05. The van der Waals surface area contributed by atoms with Crippen molar-refractivity contribution < 1.29 is 4.74 Å². The van der Waals surface area contributed by atoms with Crippen LogP contribution in [0.25, 0.3) is 11.4 Å². The average molecular weight is 313 g/mol. The molecule has 3 aromatic heterocycles. The Labute approximate surface area is 132 Å². The Bertz CT molecular complexity index is 799. The lowest BCUT2D eigenvalue weighted by atomic mass is 10.2. The first kappa shape index (κ1) is 13.3. The summed E-state index contributed by atoms with van der Waals surface area (Å²) in [5.74, 6) is 1.31. The van der Waals surface area contributed by atoms with Crippen molar-refractivity contribution in [1.29, 1.82) is 0 Å². The van der Waals surface area contributed by atoms with Crippen molar-refractivity contribution in [1.82, 2.24) is 19.7 Å². The maximum atomic E-state index is 5.96. The molecule has 4 rings (SSSR count). The van der Waals surface area contributed by atoms with E-state index in [9.17, 15) is 0 Å². The SMILES string of the molecule is Clc1cc(Oc2cn(C3CC3)nc2-c2ccccn2)ccn1. The van der Waals surface area contributed by atoms with E-state index < -0.39 is 0 Å². The third-order valence-electron chi connectivity index (χ3n) is 3.45. The first-order chi connectivity index (χ1) is 10.8. The molecular weight excluding hydrogens is 300 g/mol. The van der Waals surface area contributed by atoms with Crippen LogP contribution >= 0.6 is 11.6 Å². The molecule has 0 N–H and O–H groups in total. The zero-order valence-electron chi connectivity index (χ0n) is 11.7. The molecule has 0 radical (unpaired) electrons. The summed E-state index contributed by atoms with van der Waals surface area (Å²) in [6.45, 7) is 0. The normalized spacial score (nSPS) is 14.0. The Morgan fingerprint density at radius 1 is 1.14 bits per heavy atom. The molecule has 3 heterocycles. The fourth-order valence-corrected chi connectivity index (χ4v) is 2.40. The molecule has 1 aliphatic rings. The van der Waals surface area contributed by atoms with Crippen LogP contribution in [0.4, 0.5) is 0 Å². The van der Waals surface area contributed by atoms with E-state index >= 15 is 0 Å². The number of pyridine rings is 2. The lowest BCUT2D eigenvalue weighted by molar-refractivity contribution is 0.481. The van der Waals surface area contributed by atoms with Gasteiger partial charge in [-0.05, 0) is 31.0 Å². The number of ether oxygens (including phenoxy) is 1. The molecule has 1 aliphatic carbocycles. The summed E-state index contributed by atoms with van der Waals surface area (Å²) in [7, 11) is 0. The predicted octanol–water partition coefficient (Wildman–Crippen LogP) is 4.12. The molecule has 3 aromatic rings. The van der Waals surface area contributed by atoms with Crippen LogP contribution in [-0.2, 0) is 0 Å². The first-order valence-corrected chi connectivity index (χ1v) is 7.47. The number of nitrogens with zero attached hydrogens (tertiary/aromatic N) is 4. The fourth-order valence-electron chi connectivity index (χ4n) is 2.23. The van der Waals surface area contributed by atoms with Crippen molar-refractivity contribution in [2.24, 2.45) is 0 Å². The Balaban J connectivity index is 1.74. The number of halogens is 1. The Morgan fingerprint density at radius 3 is 2.77 bits per heavy atom. The highest BCUT2D eigenvalue weighted by Gasteiger charge is 2.27. The largest absolute Gasteiger partial charge is 0.453 e. The third-order valence-corrected chi connectivity index (χ3v) is 3.66. The highest BCUT2D eigenvalue weighted by atomic mass is 35.5. The van der Waals surface area contributed by atoms with Crippen molar-refractivity contribution in [3.05, 3.63) is 54.1 Å². The van der Waals surface area contributed by atoms with Crippen LogP contribution in [0.2, 0.25) is 5.15 Å². The molecule has 0 unspecified atom stereocenters. The van der Waals surface area contributed by atoms with Crippen LogP contribution in [0.15, 0.2) is 48.9 Å². The Morgan fingerprint density at radius 2 is 2.05 bits per heavy atom. The molecule has 0 bridgehead atoms. The van der Waals surface area contributed by atoms with Gasteiger partial charge >= 0.3 is 0 Å². The van der Waals surface area contributed by atoms with E-state index in [1.54, 1.807) is 24.5 Å². The van der Waals surface area contributed by atoms with E-state index in [0.29, 0.717) is 22.7 Å². The smallest absolute Gasteiger partial charge is 0.174 e. The topological polar surface area (TPSA) is 52.8 Å². The Kier molecular flexibility index (Phi) is 3.27. The Hall–Kier alpha value is -2.40. The molecule has 22 heavy (non-hydrogen) atoms. The zero-order valence-corrected chi connectivity index (χ0v) is 12.4. The zero-order chi connectivity index (χ0) is 14.9. The summed E-state index contributed by atoms with van der Waals surface area (Å²) in [5.41, 5.74) is 1.53. The molecule has 5 nitrogen and oxygen atoms in total. The van der Waals surface area contributed by atoms with E-state index in [0.717, 1.165) is 24.2 Å². The van der Waals surface area contributed by atoms with E-state index in [1.807, 2.05) is 29.1 Å². The van der Waals surface area contributed by atoms with Crippen molar-refractivity contribution in [2.45, 2.75) is 18.9 Å². The first-order valence-electron chi connectivity index (χ1n) is 7.09. The van der Waals surface area contributed by atoms with Crippen LogP contribution in [0.3, 0.4) is 0 Å². The molecule has 1 saturated carbocycles. The van der Waals surface area contributed by atoms with Gasteiger partial charge in [-0.2, -0.15) is 5.10 Å². The van der Waals surface area contributed by atoms with Gasteiger partial charge in [0.05, 0.1) is 17.9 Å². The van der Waals surface area contributed by atoms with Crippen molar-refractivity contribution in [3.63, 3.8) is 0 Å². The van der Waals surface area contributed by atoms with E-state index in [4.69, 9.17) is 16.3 Å². The van der Waals surface area contributed by atoms with Gasteiger partial charge in [0.2, 0.25) is 0 Å². The van der Waals surface area contributed by atoms with Crippen molar-refractivity contribution in [3.8, 4) is 22.9 Å². The highest BCUT2D eigenvalue weighted by molar-refractivity contribution is 6.29. The quantitative estimate of drug-likeness (QED) is 0.680. The molecule has 0 aliphatic heterocycles. The molecule has 0 spiro atoms. The van der Waals surface area contributed by atoms with Gasteiger partial charge in [0.25, 0.3) is 0 Å². The minimum absolute atomic E-state index is 0.395. The summed E-state index contributed by atoms with van der Waals surface area (Å²) < 4.78 is 7.92. The van der Waals surface area contributed by atoms with Gasteiger partial charge in [0.1, 0.15) is 10.9 Å². The van der Waals surface area contributed by atoms with Gasteiger partial charge in [-0.25, -0.2) is 4.98 Å². The van der Waals surface area contributed by atoms with Gasteiger partial charge in [-0.3, -0.25) is 9.67 Å². The molecule has 0 aromatic carbocycles. The number of aromatic nitrogens is 4. The number of hydrogen-bond donors (Lipinski definition) is 0. The van der Waals surface area contributed by atoms with Gasteiger partial charge in [-0.1, -0.05) is 17.7 Å². The van der Waals surface area contributed by atoms with Crippen LogP contribution in [0.1, 0.15) is 18.9 Å². The second kappa shape index (κ2) is 5.42. The van der Waals surface area contributed by atoms with Gasteiger partial charge < -0.3 is 4.74 Å². The molecule has 110 valence electrons. The fraction of sp³-hybridized carbons (Fsp3) is 0.188. The second-order valence-electron chi connectivity index (χ2n) is 5.18. The minimum Gasteiger partial charge on any atom is -0.453 e. The van der Waals surface area contributed by atoms with Crippen LogP contribution in [0, 0.1) is 0 Å². The average Bonchev–Trinajstić information content (AvgIpc) is 3.30. The summed E-state index contributed by atoms with van der Waals surface area (Å²) in [5, 5.41) is 5.04. The van der Waals surface area contributed by atoms with E-state index in [1.165, 1.54) is 0 Å². The minimum atomic E-state index is 0.395. The standard InChI is InChI=1S/C16H13ClN4O/c17-15-9-12(6-8-19-15)22-14-10-21(11-4-5-11)20-16(14)13-3-1-2-7-18-13/h1-3,6-11H,4-5H2. The summed E-state index contributed by atoms with van der Waals surface area (Å²) in [4.78, 5) is 8.33. The van der Waals surface area contributed by atoms with Gasteiger partial charge in [0, 0.05) is 18.5 Å². The molecular formula is C16H13ClN4O. The number of hydrogen-bond acceptors (Lipinski definition) is 4. The lowest BCUT2D eigenvalue weighted by Crippen LogP contribution is -1.94. The molecule has 0 atom stereocenters. The predicted molar refractivity (Wildman–Crippen MR) is 83.1 cm³/mol. The maximum Gasteiger partial charge on any atom is 0.174 e. The van der Waals surface area contributed by atoms with Gasteiger partial charge in [0.15, 0.2) is 11.4 Å². The highest BCUT2D eigenvalue weighted by Crippen LogP contribution is 2.39. The molecule has 0 amide bonds. The van der Waals surface area contributed by atoms with E-state index in [2.05, 4.69) is 15.1 Å². The monoisotopic (exact) mass is 312 g/mol.